The van der Waals surface area contributed by atoms with Crippen LogP contribution >= 0.6 is 11.9 Å². The zero-order chi connectivity index (χ0) is 22.1. The maximum Gasteiger partial charge on any atom is 0.278 e. The van der Waals surface area contributed by atoms with Gasteiger partial charge < -0.3 is 14.6 Å². The molecule has 4 aromatic rings. The molecule has 1 aliphatic rings. The highest BCUT2D eigenvalue weighted by atomic mass is 32.2. The molecule has 0 bridgehead atoms. The second kappa shape index (κ2) is 8.16. The molecular weight excluding hydrogens is 424 g/mol. The normalized spacial score (nSPS) is 14.2. The van der Waals surface area contributed by atoms with Gasteiger partial charge in [0.25, 0.3) is 5.89 Å². The molecule has 162 valence electrons. The Morgan fingerprint density at radius 1 is 1.12 bits per heavy atom. The van der Waals surface area contributed by atoms with Crippen molar-refractivity contribution in [3.8, 4) is 23.0 Å². The second-order valence-electron chi connectivity index (χ2n) is 8.18. The van der Waals surface area contributed by atoms with Crippen LogP contribution in [-0.4, -0.2) is 26.2 Å². The third kappa shape index (κ3) is 4.38. The van der Waals surface area contributed by atoms with Crippen LogP contribution in [0.1, 0.15) is 25.5 Å². The van der Waals surface area contributed by atoms with Crippen molar-refractivity contribution in [2.45, 2.75) is 31.6 Å². The lowest BCUT2D eigenvalue weighted by molar-refractivity contribution is -0.120. The van der Waals surface area contributed by atoms with Crippen LogP contribution in [0.15, 0.2) is 64.0 Å². The maximum absolute atomic E-state index is 12.3. The predicted octanol–water partition coefficient (Wildman–Crippen LogP) is 5.29. The molecule has 0 radical (unpaired) electrons. The van der Waals surface area contributed by atoms with Crippen molar-refractivity contribution in [1.82, 2.24) is 20.3 Å². The molecule has 0 atom stereocenters. The number of amides is 1. The van der Waals surface area contributed by atoms with Crippen LogP contribution in [0.5, 0.6) is 0 Å². The van der Waals surface area contributed by atoms with Gasteiger partial charge in [0.1, 0.15) is 0 Å². The maximum atomic E-state index is 12.3. The highest BCUT2D eigenvalue weighted by Crippen LogP contribution is 2.45. The van der Waals surface area contributed by atoms with Crippen molar-refractivity contribution in [3.05, 3.63) is 60.3 Å². The van der Waals surface area contributed by atoms with Crippen LogP contribution in [-0.2, 0) is 4.79 Å². The summed E-state index contributed by atoms with van der Waals surface area (Å²) in [5, 5.41) is 14.1. The first-order valence-corrected chi connectivity index (χ1v) is 11.1. The van der Waals surface area contributed by atoms with Crippen molar-refractivity contribution in [1.29, 1.82) is 0 Å². The standard InChI is InChI=1S/C23H22N6O2S/c1-14-12-19(27-26-14)21-25-20(28-31-21)15-6-8-18(9-7-15)32-29-17-5-3-4-16(13-17)24-22(30)23(2)10-11-23/h3-9,12-13,29H,10-11H2,1-2H3,(H,24,30)(H,26,27). The third-order valence-electron chi connectivity index (χ3n) is 5.42. The van der Waals surface area contributed by atoms with Crippen LogP contribution in [0, 0.1) is 12.3 Å². The first-order chi connectivity index (χ1) is 15.5. The molecule has 1 aliphatic carbocycles. The van der Waals surface area contributed by atoms with E-state index in [-0.39, 0.29) is 11.3 Å². The fourth-order valence-electron chi connectivity index (χ4n) is 3.12. The topological polar surface area (TPSA) is 109 Å². The van der Waals surface area contributed by atoms with Gasteiger partial charge in [-0.1, -0.05) is 18.1 Å². The van der Waals surface area contributed by atoms with E-state index < -0.39 is 0 Å². The van der Waals surface area contributed by atoms with E-state index in [1.165, 1.54) is 11.9 Å². The Labute approximate surface area is 189 Å². The van der Waals surface area contributed by atoms with E-state index in [2.05, 4.69) is 30.4 Å². The first-order valence-electron chi connectivity index (χ1n) is 10.3. The van der Waals surface area contributed by atoms with Crippen molar-refractivity contribution >= 4 is 29.2 Å². The number of nitrogens with one attached hydrogen (secondary N) is 3. The Morgan fingerprint density at radius 2 is 1.91 bits per heavy atom. The van der Waals surface area contributed by atoms with Crippen LogP contribution < -0.4 is 10.0 Å². The summed E-state index contributed by atoms with van der Waals surface area (Å²) >= 11 is 1.49. The van der Waals surface area contributed by atoms with E-state index in [0.717, 1.165) is 40.4 Å². The fourth-order valence-corrected chi connectivity index (χ4v) is 3.75. The van der Waals surface area contributed by atoms with E-state index in [1.54, 1.807) is 0 Å². The van der Waals surface area contributed by atoms with Crippen molar-refractivity contribution in [3.63, 3.8) is 0 Å². The molecule has 2 heterocycles. The number of aromatic amines is 1. The van der Waals surface area contributed by atoms with Gasteiger partial charge in [-0.2, -0.15) is 10.1 Å². The lowest BCUT2D eigenvalue weighted by atomic mass is 10.1. The molecule has 3 N–H and O–H groups in total. The average Bonchev–Trinajstić information content (AvgIpc) is 3.18. The number of benzene rings is 2. The molecule has 8 nitrogen and oxygen atoms in total. The van der Waals surface area contributed by atoms with Crippen LogP contribution in [0.4, 0.5) is 11.4 Å². The summed E-state index contributed by atoms with van der Waals surface area (Å²) < 4.78 is 8.65. The molecule has 2 aromatic heterocycles. The highest BCUT2D eigenvalue weighted by Gasteiger charge is 2.44. The van der Waals surface area contributed by atoms with E-state index in [9.17, 15) is 4.79 Å². The summed E-state index contributed by atoms with van der Waals surface area (Å²) in [5.41, 5.74) is 3.92. The molecule has 2 aromatic carbocycles. The molecule has 1 fully saturated rings. The molecule has 5 rings (SSSR count). The smallest absolute Gasteiger partial charge is 0.278 e. The Kier molecular flexibility index (Phi) is 5.18. The quantitative estimate of drug-likeness (QED) is 0.331. The lowest BCUT2D eigenvalue weighted by Crippen LogP contribution is -2.21. The SMILES string of the molecule is Cc1cc(-c2nc(-c3ccc(SNc4cccc(NC(=O)C5(C)CC5)c4)cc3)no2)n[nH]1. The number of nitrogens with zero attached hydrogens (tertiary/aromatic N) is 3. The molecule has 0 unspecified atom stereocenters. The van der Waals surface area contributed by atoms with Gasteiger partial charge in [-0.15, -0.1) is 0 Å². The number of anilines is 2. The second-order valence-corrected chi connectivity index (χ2v) is 9.06. The van der Waals surface area contributed by atoms with Gasteiger partial charge in [0.15, 0.2) is 5.69 Å². The van der Waals surface area contributed by atoms with Gasteiger partial charge in [-0.05, 0) is 80.2 Å². The minimum absolute atomic E-state index is 0.0879. The number of hydrogen-bond acceptors (Lipinski definition) is 7. The minimum atomic E-state index is -0.198. The van der Waals surface area contributed by atoms with Crippen molar-refractivity contribution in [2.24, 2.45) is 5.41 Å². The van der Waals surface area contributed by atoms with Gasteiger partial charge in [0, 0.05) is 32.9 Å². The molecule has 1 amide bonds. The van der Waals surface area contributed by atoms with Gasteiger partial charge >= 0.3 is 0 Å². The van der Waals surface area contributed by atoms with Crippen LogP contribution in [0.2, 0.25) is 0 Å². The Balaban J connectivity index is 1.21. The summed E-state index contributed by atoms with van der Waals surface area (Å²) in [5.74, 6) is 0.982. The first kappa shape index (κ1) is 20.3. The van der Waals surface area contributed by atoms with Gasteiger partial charge in [-0.3, -0.25) is 9.89 Å². The molecule has 0 aliphatic heterocycles. The summed E-state index contributed by atoms with van der Waals surface area (Å²) in [7, 11) is 0. The zero-order valence-corrected chi connectivity index (χ0v) is 18.5. The summed E-state index contributed by atoms with van der Waals surface area (Å²) in [4.78, 5) is 17.7. The van der Waals surface area contributed by atoms with Crippen LogP contribution in [0.3, 0.4) is 0 Å². The number of aromatic nitrogens is 4. The Hall–Kier alpha value is -3.59. The summed E-state index contributed by atoms with van der Waals surface area (Å²) in [6.45, 7) is 3.91. The number of H-pyrrole nitrogens is 1. The lowest BCUT2D eigenvalue weighted by Gasteiger charge is -2.12. The largest absolute Gasteiger partial charge is 0.332 e. The number of carbonyl (C=O) groups excluding carboxylic acids is 1. The highest BCUT2D eigenvalue weighted by molar-refractivity contribution is 8.00. The Morgan fingerprint density at radius 3 is 2.62 bits per heavy atom. The fraction of sp³-hybridized carbons (Fsp3) is 0.217. The summed E-state index contributed by atoms with van der Waals surface area (Å²) in [6, 6.07) is 17.4. The molecule has 1 saturated carbocycles. The number of hydrogen-bond donors (Lipinski definition) is 3. The number of carbonyl (C=O) groups is 1. The predicted molar refractivity (Wildman–Crippen MR) is 124 cm³/mol. The van der Waals surface area contributed by atoms with Crippen molar-refractivity contribution in [2.75, 3.05) is 10.0 Å². The summed E-state index contributed by atoms with van der Waals surface area (Å²) in [6.07, 6.45) is 1.91. The van der Waals surface area contributed by atoms with Crippen LogP contribution in [0.25, 0.3) is 23.0 Å². The molecule has 9 heteroatoms. The third-order valence-corrected chi connectivity index (χ3v) is 6.26. The van der Waals surface area contributed by atoms with E-state index in [4.69, 9.17) is 4.52 Å². The average molecular weight is 447 g/mol. The zero-order valence-electron chi connectivity index (χ0n) is 17.7. The van der Waals surface area contributed by atoms with E-state index in [0.29, 0.717) is 17.4 Å². The minimum Gasteiger partial charge on any atom is -0.332 e. The number of aryl methyl sites for hydroxylation is 1. The molecule has 0 saturated heterocycles. The molecule has 0 spiro atoms. The monoisotopic (exact) mass is 446 g/mol. The van der Waals surface area contributed by atoms with E-state index >= 15 is 0 Å². The van der Waals surface area contributed by atoms with Gasteiger partial charge in [0.05, 0.1) is 0 Å². The number of rotatable bonds is 7. The van der Waals surface area contributed by atoms with E-state index in [1.807, 2.05) is 68.4 Å². The molecule has 32 heavy (non-hydrogen) atoms. The van der Waals surface area contributed by atoms with Gasteiger partial charge in [-0.25, -0.2) is 0 Å². The molecular formula is C23H22N6O2S. The van der Waals surface area contributed by atoms with Gasteiger partial charge in [0.2, 0.25) is 11.7 Å². The van der Waals surface area contributed by atoms with Crippen molar-refractivity contribution < 1.29 is 9.32 Å². The Bertz CT molecular complexity index is 1260.